The van der Waals surface area contributed by atoms with Crippen LogP contribution in [0.2, 0.25) is 0 Å². The maximum atomic E-state index is 12.9. The van der Waals surface area contributed by atoms with Gasteiger partial charge in [0, 0.05) is 27.9 Å². The van der Waals surface area contributed by atoms with Gasteiger partial charge in [-0.3, -0.25) is 14.4 Å². The molecule has 0 saturated heterocycles. The summed E-state index contributed by atoms with van der Waals surface area (Å²) in [5, 5.41) is 0. The molecule has 4 nitrogen and oxygen atoms in total. The quantitative estimate of drug-likeness (QED) is 0.296. The molecule has 0 bridgehead atoms. The fourth-order valence-electron chi connectivity index (χ4n) is 4.07. The van der Waals surface area contributed by atoms with Crippen LogP contribution in [-0.4, -0.2) is 17.3 Å². The minimum atomic E-state index is -0.207. The first kappa shape index (κ1) is 19.6. The number of Topliss-reactive ketones (excluding diaryl/α,β-unsaturated/α-hetero) is 2. The highest BCUT2D eigenvalue weighted by molar-refractivity contribution is 6.19. The van der Waals surface area contributed by atoms with Crippen LogP contribution >= 0.6 is 0 Å². The summed E-state index contributed by atoms with van der Waals surface area (Å²) in [5.41, 5.74) is 4.37. The largest absolute Gasteiger partial charge is 0.309 e. The van der Waals surface area contributed by atoms with Gasteiger partial charge in [-0.15, -0.1) is 0 Å². The average Bonchev–Trinajstić information content (AvgIpc) is 2.84. The maximum Gasteiger partial charge on any atom is 0.193 e. The standard InChI is InChI=1S/C28H19NO3/c30-26-18-27(31)23-11-5-7-13-25(23)29(24-12-6-4-10-22(24)26)21-16-14-20(15-17-21)28(32)19-8-2-1-3-9-19/h1-17H,18H2. The van der Waals surface area contributed by atoms with Crippen molar-refractivity contribution in [3.8, 4) is 0 Å². The number of para-hydroxylation sites is 2. The van der Waals surface area contributed by atoms with Gasteiger partial charge in [0.2, 0.25) is 0 Å². The summed E-state index contributed by atoms with van der Waals surface area (Å²) < 4.78 is 0. The predicted octanol–water partition coefficient (Wildman–Crippen LogP) is 6.16. The van der Waals surface area contributed by atoms with Crippen LogP contribution in [0, 0.1) is 0 Å². The van der Waals surface area contributed by atoms with Gasteiger partial charge in [0.1, 0.15) is 0 Å². The van der Waals surface area contributed by atoms with Crippen molar-refractivity contribution in [2.45, 2.75) is 6.42 Å². The molecule has 4 heteroatoms. The zero-order valence-electron chi connectivity index (χ0n) is 17.2. The Bertz CT molecular complexity index is 1280. The van der Waals surface area contributed by atoms with E-state index in [9.17, 15) is 14.4 Å². The molecule has 0 fully saturated rings. The van der Waals surface area contributed by atoms with Crippen molar-refractivity contribution in [3.05, 3.63) is 125 Å². The van der Waals surface area contributed by atoms with Gasteiger partial charge in [0.05, 0.1) is 17.8 Å². The molecule has 0 saturated carbocycles. The predicted molar refractivity (Wildman–Crippen MR) is 124 cm³/mol. The molecule has 5 rings (SSSR count). The van der Waals surface area contributed by atoms with Gasteiger partial charge < -0.3 is 4.90 Å². The fourth-order valence-corrected chi connectivity index (χ4v) is 4.07. The van der Waals surface area contributed by atoms with E-state index in [0.717, 1.165) is 5.69 Å². The molecule has 1 aliphatic rings. The second-order valence-corrected chi connectivity index (χ2v) is 7.63. The van der Waals surface area contributed by atoms with Crippen molar-refractivity contribution >= 4 is 34.4 Å². The summed E-state index contributed by atoms with van der Waals surface area (Å²) >= 11 is 0. The number of hydrogen-bond acceptors (Lipinski definition) is 4. The summed E-state index contributed by atoms with van der Waals surface area (Å²) in [7, 11) is 0. The van der Waals surface area contributed by atoms with E-state index in [-0.39, 0.29) is 23.8 Å². The summed E-state index contributed by atoms with van der Waals surface area (Å²) in [6.07, 6.45) is -0.160. The van der Waals surface area contributed by atoms with Crippen LogP contribution in [0.5, 0.6) is 0 Å². The molecule has 32 heavy (non-hydrogen) atoms. The Morgan fingerprint density at radius 1 is 0.562 bits per heavy atom. The summed E-state index contributed by atoms with van der Waals surface area (Å²) in [5.74, 6) is -0.474. The number of hydrogen-bond donors (Lipinski definition) is 0. The Balaban J connectivity index is 1.64. The minimum absolute atomic E-state index is 0.0593. The first-order chi connectivity index (χ1) is 15.6. The third-order valence-corrected chi connectivity index (χ3v) is 5.64. The van der Waals surface area contributed by atoms with Gasteiger partial charge in [-0.05, 0) is 48.5 Å². The van der Waals surface area contributed by atoms with E-state index in [1.54, 1.807) is 48.5 Å². The third-order valence-electron chi connectivity index (χ3n) is 5.64. The van der Waals surface area contributed by atoms with Crippen LogP contribution in [0.1, 0.15) is 43.1 Å². The van der Waals surface area contributed by atoms with Crippen molar-refractivity contribution in [2.24, 2.45) is 0 Å². The number of carbonyl (C=O) groups excluding carboxylic acids is 3. The number of anilines is 3. The number of fused-ring (bicyclic) bond motifs is 2. The zero-order valence-corrected chi connectivity index (χ0v) is 17.2. The molecule has 0 unspecified atom stereocenters. The highest BCUT2D eigenvalue weighted by Gasteiger charge is 2.28. The molecule has 1 heterocycles. The first-order valence-corrected chi connectivity index (χ1v) is 10.4. The molecule has 4 aromatic rings. The molecule has 1 aliphatic heterocycles. The lowest BCUT2D eigenvalue weighted by Gasteiger charge is -2.30. The molecule has 0 radical (unpaired) electrons. The SMILES string of the molecule is O=C(c1ccccc1)c1ccc(N2c3ccccc3C(=O)CC(=O)c3ccccc32)cc1. The average molecular weight is 417 g/mol. The number of benzene rings is 4. The lowest BCUT2D eigenvalue weighted by atomic mass is 9.94. The van der Waals surface area contributed by atoms with Crippen LogP contribution in [0.3, 0.4) is 0 Å². The Hall–Kier alpha value is -4.31. The first-order valence-electron chi connectivity index (χ1n) is 10.4. The summed E-state index contributed by atoms with van der Waals surface area (Å²) in [6, 6.07) is 31.0. The molecule has 0 spiro atoms. The van der Waals surface area contributed by atoms with Crippen LogP contribution in [-0.2, 0) is 0 Å². The normalized spacial score (nSPS) is 13.1. The molecule has 0 atom stereocenters. The lowest BCUT2D eigenvalue weighted by Crippen LogP contribution is -2.22. The number of ketones is 3. The van der Waals surface area contributed by atoms with Crippen molar-refractivity contribution in [3.63, 3.8) is 0 Å². The van der Waals surface area contributed by atoms with E-state index in [0.29, 0.717) is 33.6 Å². The molecule has 154 valence electrons. The fraction of sp³-hybridized carbons (Fsp3) is 0.0357. The van der Waals surface area contributed by atoms with Crippen molar-refractivity contribution in [1.29, 1.82) is 0 Å². The van der Waals surface area contributed by atoms with Gasteiger partial charge >= 0.3 is 0 Å². The Morgan fingerprint density at radius 2 is 1.03 bits per heavy atom. The minimum Gasteiger partial charge on any atom is -0.309 e. The Kier molecular flexibility index (Phi) is 4.96. The van der Waals surface area contributed by atoms with Crippen LogP contribution in [0.25, 0.3) is 0 Å². The van der Waals surface area contributed by atoms with E-state index in [1.165, 1.54) is 0 Å². The Morgan fingerprint density at radius 3 is 1.59 bits per heavy atom. The topological polar surface area (TPSA) is 54.5 Å². The second kappa shape index (κ2) is 8.08. The van der Waals surface area contributed by atoms with E-state index in [2.05, 4.69) is 0 Å². The second-order valence-electron chi connectivity index (χ2n) is 7.63. The van der Waals surface area contributed by atoms with Gasteiger partial charge in [-0.25, -0.2) is 0 Å². The number of carbonyl (C=O) groups is 3. The monoisotopic (exact) mass is 417 g/mol. The molecule has 0 aliphatic carbocycles. The van der Waals surface area contributed by atoms with E-state index >= 15 is 0 Å². The van der Waals surface area contributed by atoms with Crippen LogP contribution < -0.4 is 4.90 Å². The lowest BCUT2D eigenvalue weighted by molar-refractivity contribution is 0.0893. The van der Waals surface area contributed by atoms with Crippen molar-refractivity contribution < 1.29 is 14.4 Å². The maximum absolute atomic E-state index is 12.9. The van der Waals surface area contributed by atoms with Gasteiger partial charge in [0.15, 0.2) is 17.3 Å². The van der Waals surface area contributed by atoms with Crippen LogP contribution in [0.15, 0.2) is 103 Å². The zero-order chi connectivity index (χ0) is 22.1. The highest BCUT2D eigenvalue weighted by atomic mass is 16.1. The van der Waals surface area contributed by atoms with Gasteiger partial charge in [-0.1, -0.05) is 54.6 Å². The van der Waals surface area contributed by atoms with E-state index in [4.69, 9.17) is 0 Å². The van der Waals surface area contributed by atoms with Gasteiger partial charge in [0.25, 0.3) is 0 Å². The number of nitrogens with zero attached hydrogens (tertiary/aromatic N) is 1. The third kappa shape index (κ3) is 3.42. The van der Waals surface area contributed by atoms with Crippen LogP contribution in [0.4, 0.5) is 17.1 Å². The Labute approximate surface area is 185 Å². The smallest absolute Gasteiger partial charge is 0.193 e. The molecule has 0 N–H and O–H groups in total. The van der Waals surface area contributed by atoms with Crippen molar-refractivity contribution in [2.75, 3.05) is 4.90 Å². The molecule has 4 aromatic carbocycles. The highest BCUT2D eigenvalue weighted by Crippen LogP contribution is 2.40. The van der Waals surface area contributed by atoms with Crippen molar-refractivity contribution in [1.82, 2.24) is 0 Å². The number of rotatable bonds is 3. The van der Waals surface area contributed by atoms with Gasteiger partial charge in [-0.2, -0.15) is 0 Å². The van der Waals surface area contributed by atoms with E-state index < -0.39 is 0 Å². The summed E-state index contributed by atoms with van der Waals surface area (Å²) in [4.78, 5) is 40.5. The molecule has 0 amide bonds. The van der Waals surface area contributed by atoms with E-state index in [1.807, 2.05) is 59.5 Å². The summed E-state index contributed by atoms with van der Waals surface area (Å²) in [6.45, 7) is 0. The molecule has 0 aromatic heterocycles. The molecular formula is C28H19NO3. The molecular weight excluding hydrogens is 398 g/mol.